The molecule has 0 aliphatic heterocycles. The third-order valence-corrected chi connectivity index (χ3v) is 8.64. The van der Waals surface area contributed by atoms with Gasteiger partial charge in [0.25, 0.3) is 15.7 Å². The molecule has 0 saturated carbocycles. The van der Waals surface area contributed by atoms with Crippen LogP contribution in [0.15, 0.2) is 77.7 Å². The predicted octanol–water partition coefficient (Wildman–Crippen LogP) is 4.69. The van der Waals surface area contributed by atoms with Gasteiger partial charge in [-0.25, -0.2) is 8.42 Å². The number of ether oxygens (including phenoxy) is 1. The van der Waals surface area contributed by atoms with Crippen molar-refractivity contribution in [3.05, 3.63) is 94.0 Å². The maximum Gasteiger partial charge on any atom is 0.273 e. The summed E-state index contributed by atoms with van der Waals surface area (Å²) < 4.78 is 34.2. The minimum Gasteiger partial charge on any atom is -0.497 e. The Morgan fingerprint density at radius 2 is 1.67 bits per heavy atom. The standard InChI is InChI=1S/C31H38N4O7S/c1-6-28(31(37)32-19-22(2)3)33(20-24-10-8-7-9-11-24)30(36)21-34(25-13-15-26(42-5)16-14-25)43(40,41)27-17-12-23(4)29(18-27)35(38)39/h7-18,22,28H,6,19-21H2,1-5H3,(H,32,37)/t28-/m1/s1. The van der Waals surface area contributed by atoms with Crippen LogP contribution in [0.4, 0.5) is 11.4 Å². The number of carbonyl (C=O) groups excluding carboxylic acids is 2. The number of methoxy groups -OCH3 is 1. The van der Waals surface area contributed by atoms with Crippen LogP contribution in [0.3, 0.4) is 0 Å². The normalized spacial score (nSPS) is 12.0. The van der Waals surface area contributed by atoms with Crippen LogP contribution in [0, 0.1) is 23.0 Å². The molecule has 0 fully saturated rings. The average Bonchev–Trinajstić information content (AvgIpc) is 2.99. The number of rotatable bonds is 14. The molecule has 0 radical (unpaired) electrons. The van der Waals surface area contributed by atoms with E-state index in [4.69, 9.17) is 4.74 Å². The molecule has 0 aliphatic carbocycles. The molecule has 3 aromatic carbocycles. The van der Waals surface area contributed by atoms with E-state index in [1.807, 2.05) is 44.2 Å². The van der Waals surface area contributed by atoms with Crippen LogP contribution in [0.2, 0.25) is 0 Å². The molecule has 0 unspecified atom stereocenters. The number of aryl methyl sites for hydroxylation is 1. The first-order valence-electron chi connectivity index (χ1n) is 13.9. The lowest BCUT2D eigenvalue weighted by Gasteiger charge is -2.33. The number of hydrogen-bond donors (Lipinski definition) is 1. The third kappa shape index (κ3) is 8.31. The van der Waals surface area contributed by atoms with E-state index in [-0.39, 0.29) is 34.6 Å². The highest BCUT2D eigenvalue weighted by Gasteiger charge is 2.34. The van der Waals surface area contributed by atoms with Crippen LogP contribution in [-0.2, 0) is 26.2 Å². The lowest BCUT2D eigenvalue weighted by molar-refractivity contribution is -0.385. The average molecular weight is 611 g/mol. The van der Waals surface area contributed by atoms with Crippen molar-refractivity contribution in [1.29, 1.82) is 0 Å². The van der Waals surface area contributed by atoms with Crippen molar-refractivity contribution in [2.75, 3.05) is 24.5 Å². The molecule has 0 bridgehead atoms. The molecule has 0 spiro atoms. The fraction of sp³-hybridized carbons (Fsp3) is 0.355. The zero-order valence-electron chi connectivity index (χ0n) is 25.0. The zero-order chi connectivity index (χ0) is 31.7. The summed E-state index contributed by atoms with van der Waals surface area (Å²) in [4.78, 5) is 39.4. The van der Waals surface area contributed by atoms with Gasteiger partial charge in [0.2, 0.25) is 11.8 Å². The summed E-state index contributed by atoms with van der Waals surface area (Å²) in [7, 11) is -3.01. The molecule has 0 saturated heterocycles. The topological polar surface area (TPSA) is 139 Å². The number of benzene rings is 3. The monoisotopic (exact) mass is 610 g/mol. The van der Waals surface area contributed by atoms with Gasteiger partial charge in [-0.15, -0.1) is 0 Å². The first-order chi connectivity index (χ1) is 20.4. The molecule has 3 rings (SSSR count). The number of hydrogen-bond acceptors (Lipinski definition) is 7. The van der Waals surface area contributed by atoms with Gasteiger partial charge in [-0.05, 0) is 55.2 Å². The number of anilines is 1. The van der Waals surface area contributed by atoms with E-state index in [9.17, 15) is 28.1 Å². The maximum atomic E-state index is 14.1. The van der Waals surface area contributed by atoms with Gasteiger partial charge in [-0.1, -0.05) is 57.2 Å². The summed E-state index contributed by atoms with van der Waals surface area (Å²) in [6.45, 7) is 7.05. The first-order valence-corrected chi connectivity index (χ1v) is 15.4. The van der Waals surface area contributed by atoms with E-state index in [1.165, 1.54) is 43.2 Å². The lowest BCUT2D eigenvalue weighted by Crippen LogP contribution is -2.52. The molecule has 3 aromatic rings. The van der Waals surface area contributed by atoms with E-state index in [1.54, 1.807) is 19.1 Å². The van der Waals surface area contributed by atoms with Gasteiger partial charge >= 0.3 is 0 Å². The molecule has 0 heterocycles. The summed E-state index contributed by atoms with van der Waals surface area (Å²) in [5.41, 5.74) is 0.845. The summed E-state index contributed by atoms with van der Waals surface area (Å²) >= 11 is 0. The van der Waals surface area contributed by atoms with Crippen LogP contribution >= 0.6 is 0 Å². The van der Waals surface area contributed by atoms with Gasteiger partial charge in [0, 0.05) is 24.7 Å². The van der Waals surface area contributed by atoms with Crippen LogP contribution in [0.1, 0.15) is 38.3 Å². The highest BCUT2D eigenvalue weighted by molar-refractivity contribution is 7.92. The van der Waals surface area contributed by atoms with E-state index < -0.39 is 33.4 Å². The SMILES string of the molecule is CC[C@H](C(=O)NCC(C)C)N(Cc1ccccc1)C(=O)CN(c1ccc(OC)cc1)S(=O)(=O)c1ccc(C)c([N+](=O)[O-])c1. The Balaban J connectivity index is 2.09. The zero-order valence-corrected chi connectivity index (χ0v) is 25.8. The van der Waals surface area contributed by atoms with Crippen molar-refractivity contribution in [1.82, 2.24) is 10.2 Å². The number of nitrogens with zero attached hydrogens (tertiary/aromatic N) is 3. The molecule has 12 heteroatoms. The van der Waals surface area contributed by atoms with Crippen molar-refractivity contribution in [3.8, 4) is 5.75 Å². The Morgan fingerprint density at radius 3 is 2.23 bits per heavy atom. The van der Waals surface area contributed by atoms with Crippen molar-refractivity contribution in [2.45, 2.75) is 51.6 Å². The summed E-state index contributed by atoms with van der Waals surface area (Å²) in [5, 5.41) is 14.5. The first kappa shape index (κ1) is 33.1. The Labute approximate surface area is 252 Å². The predicted molar refractivity (Wildman–Crippen MR) is 164 cm³/mol. The van der Waals surface area contributed by atoms with E-state index >= 15 is 0 Å². The number of nitrogens with one attached hydrogen (secondary N) is 1. The maximum absolute atomic E-state index is 14.1. The Hall–Kier alpha value is -4.45. The minimum absolute atomic E-state index is 0.0692. The number of nitro benzene ring substituents is 1. The summed E-state index contributed by atoms with van der Waals surface area (Å²) in [6, 6.07) is 17.9. The number of amides is 2. The van der Waals surface area contributed by atoms with Gasteiger partial charge in [0.05, 0.1) is 22.6 Å². The largest absolute Gasteiger partial charge is 0.497 e. The van der Waals surface area contributed by atoms with E-state index in [2.05, 4.69) is 5.32 Å². The highest BCUT2D eigenvalue weighted by atomic mass is 32.2. The van der Waals surface area contributed by atoms with Gasteiger partial charge in [0.1, 0.15) is 18.3 Å². The molecule has 0 aliphatic rings. The van der Waals surface area contributed by atoms with E-state index in [0.29, 0.717) is 24.3 Å². The van der Waals surface area contributed by atoms with Gasteiger partial charge in [0.15, 0.2) is 0 Å². The number of sulfonamides is 1. The van der Waals surface area contributed by atoms with Crippen LogP contribution in [0.25, 0.3) is 0 Å². The quantitative estimate of drug-likeness (QED) is 0.206. The molecule has 2 amide bonds. The molecule has 230 valence electrons. The Morgan fingerprint density at radius 1 is 1.02 bits per heavy atom. The molecule has 1 atom stereocenters. The van der Waals surface area contributed by atoms with Crippen LogP contribution in [0.5, 0.6) is 5.75 Å². The van der Waals surface area contributed by atoms with Crippen LogP contribution < -0.4 is 14.4 Å². The van der Waals surface area contributed by atoms with Gasteiger partial charge in [-0.3, -0.25) is 24.0 Å². The Kier molecular flexibility index (Phi) is 11.2. The van der Waals surface area contributed by atoms with Crippen molar-refractivity contribution in [2.24, 2.45) is 5.92 Å². The second kappa shape index (κ2) is 14.6. The number of carbonyl (C=O) groups is 2. The molecule has 11 nitrogen and oxygen atoms in total. The van der Waals surface area contributed by atoms with Crippen molar-refractivity contribution < 1.29 is 27.7 Å². The second-order valence-corrected chi connectivity index (χ2v) is 12.3. The third-order valence-electron chi connectivity index (χ3n) is 6.87. The molecule has 43 heavy (non-hydrogen) atoms. The van der Waals surface area contributed by atoms with Crippen molar-refractivity contribution in [3.63, 3.8) is 0 Å². The van der Waals surface area contributed by atoms with Gasteiger partial charge in [-0.2, -0.15) is 0 Å². The smallest absolute Gasteiger partial charge is 0.273 e. The highest BCUT2D eigenvalue weighted by Crippen LogP contribution is 2.29. The molecular formula is C31H38N4O7S. The van der Waals surface area contributed by atoms with Crippen molar-refractivity contribution >= 4 is 33.2 Å². The fourth-order valence-electron chi connectivity index (χ4n) is 4.47. The second-order valence-electron chi connectivity index (χ2n) is 10.5. The summed E-state index contributed by atoms with van der Waals surface area (Å²) in [5.74, 6) is -0.295. The van der Waals surface area contributed by atoms with Gasteiger partial charge < -0.3 is 15.0 Å². The molecule has 0 aromatic heterocycles. The van der Waals surface area contributed by atoms with E-state index in [0.717, 1.165) is 15.9 Å². The lowest BCUT2D eigenvalue weighted by atomic mass is 10.1. The molecule has 1 N–H and O–H groups in total. The fourth-order valence-corrected chi connectivity index (χ4v) is 5.91. The number of nitro groups is 1. The Bertz CT molecular complexity index is 1530. The molecular weight excluding hydrogens is 572 g/mol. The summed E-state index contributed by atoms with van der Waals surface area (Å²) in [6.07, 6.45) is 0.294. The van der Waals surface area contributed by atoms with Crippen LogP contribution in [-0.4, -0.2) is 56.3 Å². The minimum atomic E-state index is -4.48.